The second kappa shape index (κ2) is 14.9. The van der Waals surface area contributed by atoms with Crippen molar-refractivity contribution in [2.24, 2.45) is 0 Å². The van der Waals surface area contributed by atoms with Crippen LogP contribution in [0.3, 0.4) is 0 Å². The van der Waals surface area contributed by atoms with E-state index in [4.69, 9.17) is 25.6 Å². The fraction of sp³-hybridized carbons (Fsp3) is 0.400. The number of fused-ring (bicyclic) bond motifs is 1. The normalized spacial score (nSPS) is 18.3. The Balaban J connectivity index is 1.51. The van der Waals surface area contributed by atoms with Gasteiger partial charge in [-0.15, -0.1) is 0 Å². The molecular formula is C30H33ClF2N3O10P. The third kappa shape index (κ3) is 8.93. The van der Waals surface area contributed by atoms with Gasteiger partial charge in [0.25, 0.3) is 6.29 Å². The maximum Gasteiger partial charge on any atom is 0.368 e. The molecule has 17 heteroatoms. The van der Waals surface area contributed by atoms with Gasteiger partial charge in [0.05, 0.1) is 23.2 Å². The fourth-order valence-electron chi connectivity index (χ4n) is 5.01. The Morgan fingerprint density at radius 3 is 2.57 bits per heavy atom. The molecule has 0 bridgehead atoms. The van der Waals surface area contributed by atoms with Gasteiger partial charge < -0.3 is 34.3 Å². The van der Waals surface area contributed by atoms with Crippen LogP contribution in [0, 0.1) is 5.82 Å². The molecule has 1 saturated heterocycles. The molecule has 2 unspecified atom stereocenters. The number of benzene rings is 2. The predicted octanol–water partition coefficient (Wildman–Crippen LogP) is 4.27. The van der Waals surface area contributed by atoms with E-state index in [-0.39, 0.29) is 47.2 Å². The van der Waals surface area contributed by atoms with Crippen LogP contribution in [0.4, 0.5) is 8.78 Å². The monoisotopic (exact) mass is 699 g/mol. The summed E-state index contributed by atoms with van der Waals surface area (Å²) in [6, 6.07) is 7.39. The number of nitrogens with one attached hydrogen (secondary N) is 1. The summed E-state index contributed by atoms with van der Waals surface area (Å²) in [6.07, 6.45) is -3.94. The van der Waals surface area contributed by atoms with Crippen molar-refractivity contribution in [1.82, 2.24) is 14.8 Å². The second-order valence-corrected chi connectivity index (χ2v) is 13.3. The van der Waals surface area contributed by atoms with Crippen molar-refractivity contribution in [3.05, 3.63) is 64.6 Å². The summed E-state index contributed by atoms with van der Waals surface area (Å²) in [5.41, 5.74) is 0.657. The number of nitrogens with zero attached hydrogens (tertiary/aromatic N) is 2. The first-order valence-corrected chi connectivity index (χ1v) is 16.5. The summed E-state index contributed by atoms with van der Waals surface area (Å²) in [7, 11) is -4.65. The second-order valence-electron chi connectivity index (χ2n) is 11.1. The number of carbonyl (C=O) groups is 4. The highest BCUT2D eigenvalue weighted by Crippen LogP contribution is 2.44. The topological polar surface area (TPSA) is 174 Å². The molecule has 0 saturated carbocycles. The average molecular weight is 700 g/mol. The molecule has 0 aliphatic carbocycles. The Morgan fingerprint density at radius 2 is 1.91 bits per heavy atom. The van der Waals surface area contributed by atoms with Crippen LogP contribution in [0.25, 0.3) is 10.9 Å². The standard InChI is InChI=1S/C30H33ClF2N3O10P/c1-16(2)45-30(29(40)41)46-47(42,43)15-44-20-7-8-21-22(17(3)37)13-35(24(21)10-20)14-26(38)36-12-19(32)9-25(36)28(39)34-11-18-5-4-6-23(31)27(18)33/h4-8,10,13,16,19,25,30H,9,11-12,14-15H2,1-3H3,(H,34,39)(H,40,41)(H,42,43)/t19-,25+,30?/m1/s1. The lowest BCUT2D eigenvalue weighted by Crippen LogP contribution is -2.46. The van der Waals surface area contributed by atoms with Crippen molar-refractivity contribution >= 4 is 53.7 Å². The lowest BCUT2D eigenvalue weighted by Gasteiger charge is -2.24. The molecule has 2 aromatic carbocycles. The Hall–Kier alpha value is -3.88. The number of alkyl halides is 1. The highest BCUT2D eigenvalue weighted by atomic mass is 35.5. The van der Waals surface area contributed by atoms with E-state index in [0.717, 1.165) is 4.90 Å². The van der Waals surface area contributed by atoms with Gasteiger partial charge in [-0.05, 0) is 39.0 Å². The summed E-state index contributed by atoms with van der Waals surface area (Å²) < 4.78 is 57.9. The van der Waals surface area contributed by atoms with Crippen molar-refractivity contribution in [3.8, 4) is 5.75 Å². The maximum absolute atomic E-state index is 14.5. The van der Waals surface area contributed by atoms with Crippen LogP contribution < -0.4 is 10.1 Å². The lowest BCUT2D eigenvalue weighted by atomic mass is 10.1. The molecule has 4 rings (SSSR count). The zero-order valence-corrected chi connectivity index (χ0v) is 27.2. The van der Waals surface area contributed by atoms with Crippen molar-refractivity contribution < 1.29 is 56.5 Å². The Bertz CT molecular complexity index is 1740. The van der Waals surface area contributed by atoms with Gasteiger partial charge in [0.1, 0.15) is 30.3 Å². The number of hydrogen-bond acceptors (Lipinski definition) is 8. The molecule has 1 fully saturated rings. The number of carbonyl (C=O) groups excluding carboxylic acids is 3. The first-order chi connectivity index (χ1) is 22.1. The Kier molecular flexibility index (Phi) is 11.4. The van der Waals surface area contributed by atoms with Crippen molar-refractivity contribution in [2.45, 2.75) is 64.9 Å². The number of rotatable bonds is 14. The van der Waals surface area contributed by atoms with E-state index in [1.165, 1.54) is 67.9 Å². The van der Waals surface area contributed by atoms with E-state index in [1.807, 2.05) is 0 Å². The van der Waals surface area contributed by atoms with Crippen molar-refractivity contribution in [1.29, 1.82) is 0 Å². The minimum absolute atomic E-state index is 0.0180. The number of halogens is 3. The lowest BCUT2D eigenvalue weighted by molar-refractivity contribution is -0.178. The molecule has 3 aromatic rings. The first-order valence-electron chi connectivity index (χ1n) is 14.4. The van der Waals surface area contributed by atoms with Gasteiger partial charge in [-0.3, -0.25) is 23.5 Å². The molecule has 1 aliphatic rings. The number of likely N-dealkylation sites (tertiary alicyclic amines) is 1. The molecule has 3 N–H and O–H groups in total. The summed E-state index contributed by atoms with van der Waals surface area (Å²) in [5, 5.41) is 12.0. The van der Waals surface area contributed by atoms with Gasteiger partial charge >= 0.3 is 13.6 Å². The average Bonchev–Trinajstić information content (AvgIpc) is 3.56. The number of carboxylic acids is 1. The third-order valence-corrected chi connectivity index (χ3v) is 8.42. The number of ether oxygens (including phenoxy) is 2. The molecule has 13 nitrogen and oxygen atoms in total. The molecule has 1 aromatic heterocycles. The molecule has 4 atom stereocenters. The SMILES string of the molecule is CC(=O)c1cn(CC(=O)N2C[C@H](F)C[C@H]2C(=O)NCc2cccc(Cl)c2F)c2cc(OCP(=O)(O)OC(OC(C)C)C(=O)O)ccc12. The Morgan fingerprint density at radius 1 is 1.19 bits per heavy atom. The quantitative estimate of drug-likeness (QED) is 0.125. The van der Waals surface area contributed by atoms with Crippen LogP contribution in [0.5, 0.6) is 5.75 Å². The molecule has 2 heterocycles. The fourth-order valence-corrected chi connectivity index (χ4v) is 6.02. The molecule has 0 radical (unpaired) electrons. The molecule has 254 valence electrons. The van der Waals surface area contributed by atoms with Crippen LogP contribution >= 0.6 is 19.2 Å². The first kappa shape index (κ1) is 36.0. The maximum atomic E-state index is 14.5. The van der Waals surface area contributed by atoms with Crippen LogP contribution in [0.2, 0.25) is 5.02 Å². The summed E-state index contributed by atoms with van der Waals surface area (Å²) >= 11 is 5.80. The van der Waals surface area contributed by atoms with E-state index in [1.54, 1.807) is 0 Å². The number of aliphatic carboxylic acids is 1. The molecular weight excluding hydrogens is 667 g/mol. The Labute approximate surface area is 272 Å². The number of ketones is 1. The number of Topliss-reactive ketones (excluding diaryl/α,β-unsaturated/α-hetero) is 1. The predicted molar refractivity (Wildman–Crippen MR) is 164 cm³/mol. The van der Waals surface area contributed by atoms with Crippen molar-refractivity contribution in [2.75, 3.05) is 12.9 Å². The molecule has 0 spiro atoms. The van der Waals surface area contributed by atoms with Crippen LogP contribution in [0.15, 0.2) is 42.6 Å². The van der Waals surface area contributed by atoms with Gasteiger partial charge in [0.2, 0.25) is 11.8 Å². The van der Waals surface area contributed by atoms with E-state index in [2.05, 4.69) is 5.32 Å². The number of hydrogen-bond donors (Lipinski definition) is 3. The van der Waals surface area contributed by atoms with E-state index in [9.17, 15) is 42.5 Å². The van der Waals surface area contributed by atoms with Gasteiger partial charge in [-0.2, -0.15) is 0 Å². The zero-order chi connectivity index (χ0) is 34.6. The van der Waals surface area contributed by atoms with Gasteiger partial charge in [-0.1, -0.05) is 23.7 Å². The van der Waals surface area contributed by atoms with Gasteiger partial charge in [-0.25, -0.2) is 13.6 Å². The largest absolute Gasteiger partial charge is 0.481 e. The molecule has 1 aliphatic heterocycles. The van der Waals surface area contributed by atoms with Crippen LogP contribution in [0.1, 0.15) is 43.1 Å². The van der Waals surface area contributed by atoms with Gasteiger partial charge in [0.15, 0.2) is 12.1 Å². The third-order valence-electron chi connectivity index (χ3n) is 7.15. The minimum Gasteiger partial charge on any atom is -0.481 e. The van der Waals surface area contributed by atoms with Crippen LogP contribution in [-0.4, -0.2) is 80.5 Å². The van der Waals surface area contributed by atoms with Crippen LogP contribution in [-0.2, 0) is 41.3 Å². The molecule has 2 amide bonds. The summed E-state index contributed by atoms with van der Waals surface area (Å²) in [4.78, 5) is 61.5. The summed E-state index contributed by atoms with van der Waals surface area (Å²) in [5.74, 6) is -3.96. The number of amides is 2. The zero-order valence-electron chi connectivity index (χ0n) is 25.5. The smallest absolute Gasteiger partial charge is 0.368 e. The van der Waals surface area contributed by atoms with Gasteiger partial charge in [0, 0.05) is 41.7 Å². The van der Waals surface area contributed by atoms with E-state index < -0.39 is 68.7 Å². The minimum atomic E-state index is -4.65. The summed E-state index contributed by atoms with van der Waals surface area (Å²) in [6.45, 7) is 3.34. The van der Waals surface area contributed by atoms with Crippen molar-refractivity contribution in [3.63, 3.8) is 0 Å². The highest BCUT2D eigenvalue weighted by Gasteiger charge is 2.40. The highest BCUT2D eigenvalue weighted by molar-refractivity contribution is 7.52. The van der Waals surface area contributed by atoms with E-state index >= 15 is 0 Å². The molecule has 47 heavy (non-hydrogen) atoms. The number of carboxylic acid groups (broad SMARTS) is 1. The number of aromatic nitrogens is 1. The van der Waals surface area contributed by atoms with E-state index in [0.29, 0.717) is 10.9 Å².